The summed E-state index contributed by atoms with van der Waals surface area (Å²) in [4.78, 5) is 6.72. The van der Waals surface area contributed by atoms with Gasteiger partial charge < -0.3 is 20.1 Å². The Balaban J connectivity index is 2.76. The Kier molecular flexibility index (Phi) is 10.7. The van der Waals surface area contributed by atoms with Crippen molar-refractivity contribution in [3.05, 3.63) is 29.8 Å². The third-order valence-corrected chi connectivity index (χ3v) is 4.16. The van der Waals surface area contributed by atoms with Crippen LogP contribution in [-0.4, -0.2) is 64.4 Å². The van der Waals surface area contributed by atoms with Gasteiger partial charge in [-0.2, -0.15) is 0 Å². The van der Waals surface area contributed by atoms with E-state index in [1.165, 1.54) is 5.56 Å². The molecule has 0 aliphatic heterocycles. The highest BCUT2D eigenvalue weighted by Gasteiger charge is 2.19. The molecule has 0 aliphatic carbocycles. The van der Waals surface area contributed by atoms with Crippen LogP contribution in [0.25, 0.3) is 0 Å². The normalized spacial score (nSPS) is 13.0. The van der Waals surface area contributed by atoms with Crippen molar-refractivity contribution in [2.24, 2.45) is 4.99 Å². The highest BCUT2D eigenvalue weighted by molar-refractivity contribution is 5.79. The Morgan fingerprint density at radius 2 is 1.96 bits per heavy atom. The lowest BCUT2D eigenvalue weighted by Crippen LogP contribution is -2.44. The molecular formula is C19H34N4O2. The molecular weight excluding hydrogens is 316 g/mol. The largest absolute Gasteiger partial charge is 0.497 e. The number of aliphatic imine (C=N–C) groups is 1. The SMILES string of the molecule is CCOCCNC(=NC)NCC(c1cccc(OC)c1)N(CC)CC. The summed E-state index contributed by atoms with van der Waals surface area (Å²) in [6, 6.07) is 8.52. The number of likely N-dealkylation sites (N-methyl/N-ethyl adjacent to an activating group) is 1. The number of nitrogens with one attached hydrogen (secondary N) is 2. The van der Waals surface area contributed by atoms with Crippen molar-refractivity contribution in [2.45, 2.75) is 26.8 Å². The van der Waals surface area contributed by atoms with Crippen LogP contribution < -0.4 is 15.4 Å². The lowest BCUT2D eigenvalue weighted by molar-refractivity contribution is 0.152. The highest BCUT2D eigenvalue weighted by atomic mass is 16.5. The first-order valence-corrected chi connectivity index (χ1v) is 9.10. The lowest BCUT2D eigenvalue weighted by Gasteiger charge is -2.31. The van der Waals surface area contributed by atoms with Crippen LogP contribution in [0.15, 0.2) is 29.3 Å². The van der Waals surface area contributed by atoms with Crippen LogP contribution in [0, 0.1) is 0 Å². The average Bonchev–Trinajstić information content (AvgIpc) is 2.66. The van der Waals surface area contributed by atoms with Crippen LogP contribution in [0.4, 0.5) is 0 Å². The fourth-order valence-electron chi connectivity index (χ4n) is 2.77. The van der Waals surface area contributed by atoms with Gasteiger partial charge >= 0.3 is 0 Å². The van der Waals surface area contributed by atoms with E-state index < -0.39 is 0 Å². The third-order valence-electron chi connectivity index (χ3n) is 4.16. The minimum Gasteiger partial charge on any atom is -0.497 e. The minimum absolute atomic E-state index is 0.246. The van der Waals surface area contributed by atoms with E-state index in [9.17, 15) is 0 Å². The summed E-state index contributed by atoms with van der Waals surface area (Å²) in [6.45, 7) is 11.2. The zero-order valence-corrected chi connectivity index (χ0v) is 16.3. The molecule has 0 amide bonds. The molecule has 1 aromatic rings. The van der Waals surface area contributed by atoms with Gasteiger partial charge in [0, 0.05) is 26.7 Å². The van der Waals surface area contributed by atoms with Gasteiger partial charge in [-0.3, -0.25) is 9.89 Å². The van der Waals surface area contributed by atoms with E-state index in [1.807, 2.05) is 19.1 Å². The topological polar surface area (TPSA) is 58.1 Å². The van der Waals surface area contributed by atoms with Gasteiger partial charge in [-0.25, -0.2) is 0 Å². The molecule has 0 aromatic heterocycles. The van der Waals surface area contributed by atoms with Crippen molar-refractivity contribution >= 4 is 5.96 Å². The smallest absolute Gasteiger partial charge is 0.191 e. The summed E-state index contributed by atoms with van der Waals surface area (Å²) in [7, 11) is 3.49. The molecule has 0 radical (unpaired) electrons. The van der Waals surface area contributed by atoms with Crippen molar-refractivity contribution in [2.75, 3.05) is 53.6 Å². The number of rotatable bonds is 11. The first kappa shape index (κ1) is 21.3. The number of nitrogens with zero attached hydrogens (tertiary/aromatic N) is 2. The quantitative estimate of drug-likeness (QED) is 0.364. The Bertz CT molecular complexity index is 504. The van der Waals surface area contributed by atoms with E-state index in [1.54, 1.807) is 14.2 Å². The van der Waals surface area contributed by atoms with E-state index in [2.05, 4.69) is 46.5 Å². The molecule has 0 saturated heterocycles. The van der Waals surface area contributed by atoms with Crippen LogP contribution in [0.3, 0.4) is 0 Å². The Morgan fingerprint density at radius 1 is 1.20 bits per heavy atom. The van der Waals surface area contributed by atoms with E-state index in [-0.39, 0.29) is 6.04 Å². The standard InChI is InChI=1S/C19H34N4O2/c1-6-23(7-2)18(16-10-9-11-17(14-16)24-5)15-22-19(20-4)21-12-13-25-8-3/h9-11,14,18H,6-8,12-13,15H2,1-5H3,(H2,20,21,22). The van der Waals surface area contributed by atoms with Gasteiger partial charge in [0.2, 0.25) is 0 Å². The van der Waals surface area contributed by atoms with Crippen molar-refractivity contribution in [1.82, 2.24) is 15.5 Å². The molecule has 1 unspecified atom stereocenters. The van der Waals surface area contributed by atoms with Crippen LogP contribution in [0.5, 0.6) is 5.75 Å². The predicted molar refractivity (Wildman–Crippen MR) is 105 cm³/mol. The van der Waals surface area contributed by atoms with Crippen LogP contribution >= 0.6 is 0 Å². The number of hydrogen-bond acceptors (Lipinski definition) is 4. The van der Waals surface area contributed by atoms with Gasteiger partial charge in [-0.1, -0.05) is 26.0 Å². The van der Waals surface area contributed by atoms with Crippen molar-refractivity contribution in [3.8, 4) is 5.75 Å². The number of benzene rings is 1. The van der Waals surface area contributed by atoms with Gasteiger partial charge in [-0.05, 0) is 37.7 Å². The molecule has 6 nitrogen and oxygen atoms in total. The number of methoxy groups -OCH3 is 1. The Hall–Kier alpha value is -1.79. The molecule has 0 heterocycles. The molecule has 142 valence electrons. The molecule has 0 saturated carbocycles. The zero-order chi connectivity index (χ0) is 18.5. The first-order chi connectivity index (χ1) is 12.2. The molecule has 0 spiro atoms. The summed E-state index contributed by atoms with van der Waals surface area (Å²) in [5.41, 5.74) is 1.24. The molecule has 25 heavy (non-hydrogen) atoms. The second-order valence-electron chi connectivity index (χ2n) is 5.59. The van der Waals surface area contributed by atoms with Gasteiger partial charge in [0.15, 0.2) is 5.96 Å². The summed E-state index contributed by atoms with van der Waals surface area (Å²) >= 11 is 0. The molecule has 1 rings (SSSR count). The van der Waals surface area contributed by atoms with Gasteiger partial charge in [0.05, 0.1) is 19.8 Å². The fraction of sp³-hybridized carbons (Fsp3) is 0.632. The highest BCUT2D eigenvalue weighted by Crippen LogP contribution is 2.23. The van der Waals surface area contributed by atoms with Crippen LogP contribution in [0.1, 0.15) is 32.4 Å². The number of ether oxygens (including phenoxy) is 2. The van der Waals surface area contributed by atoms with Crippen LogP contribution in [-0.2, 0) is 4.74 Å². The third kappa shape index (κ3) is 7.32. The Morgan fingerprint density at radius 3 is 2.56 bits per heavy atom. The van der Waals surface area contributed by atoms with Gasteiger partial charge in [0.1, 0.15) is 5.75 Å². The van der Waals surface area contributed by atoms with E-state index in [0.29, 0.717) is 6.61 Å². The molecule has 1 aromatic carbocycles. The summed E-state index contributed by atoms with van der Waals surface area (Å²) in [6.07, 6.45) is 0. The molecule has 2 N–H and O–H groups in total. The maximum absolute atomic E-state index is 5.39. The summed E-state index contributed by atoms with van der Waals surface area (Å²) in [5.74, 6) is 1.67. The van der Waals surface area contributed by atoms with E-state index >= 15 is 0 Å². The molecule has 0 bridgehead atoms. The van der Waals surface area contributed by atoms with Crippen molar-refractivity contribution in [1.29, 1.82) is 0 Å². The molecule has 0 fully saturated rings. The molecule has 1 atom stereocenters. The van der Waals surface area contributed by atoms with Gasteiger partial charge in [0.25, 0.3) is 0 Å². The van der Waals surface area contributed by atoms with E-state index in [0.717, 1.165) is 44.5 Å². The second-order valence-corrected chi connectivity index (χ2v) is 5.59. The Labute approximate surface area is 152 Å². The monoisotopic (exact) mass is 350 g/mol. The van der Waals surface area contributed by atoms with E-state index in [4.69, 9.17) is 9.47 Å². The fourth-order valence-corrected chi connectivity index (χ4v) is 2.77. The van der Waals surface area contributed by atoms with Crippen molar-refractivity contribution in [3.63, 3.8) is 0 Å². The van der Waals surface area contributed by atoms with Crippen LogP contribution in [0.2, 0.25) is 0 Å². The maximum atomic E-state index is 5.39. The van der Waals surface area contributed by atoms with Crippen molar-refractivity contribution < 1.29 is 9.47 Å². The first-order valence-electron chi connectivity index (χ1n) is 9.10. The second kappa shape index (κ2) is 12.6. The number of hydrogen-bond donors (Lipinski definition) is 2. The predicted octanol–water partition coefficient (Wildman–Crippen LogP) is 2.28. The molecule has 6 heteroatoms. The lowest BCUT2D eigenvalue weighted by atomic mass is 10.0. The zero-order valence-electron chi connectivity index (χ0n) is 16.3. The minimum atomic E-state index is 0.246. The molecule has 0 aliphatic rings. The number of guanidine groups is 1. The summed E-state index contributed by atoms with van der Waals surface area (Å²) in [5, 5.41) is 6.71. The average molecular weight is 351 g/mol. The maximum Gasteiger partial charge on any atom is 0.191 e. The summed E-state index contributed by atoms with van der Waals surface area (Å²) < 4.78 is 10.7. The van der Waals surface area contributed by atoms with Gasteiger partial charge in [-0.15, -0.1) is 0 Å².